The van der Waals surface area contributed by atoms with Crippen molar-refractivity contribution in [3.8, 4) is 11.1 Å². The zero-order chi connectivity index (χ0) is 13.3. The third kappa shape index (κ3) is 2.31. The van der Waals surface area contributed by atoms with Gasteiger partial charge in [0.25, 0.3) is 0 Å². The Morgan fingerprint density at radius 2 is 1.94 bits per heavy atom. The maximum atomic E-state index is 13.6. The fraction of sp³-hybridized carbons (Fsp3) is 0. The Morgan fingerprint density at radius 3 is 2.61 bits per heavy atom. The van der Waals surface area contributed by atoms with E-state index in [0.29, 0.717) is 0 Å². The third-order valence-electron chi connectivity index (χ3n) is 2.32. The first kappa shape index (κ1) is 12.4. The van der Waals surface area contributed by atoms with Crippen LogP contribution in [0.4, 0.5) is 8.78 Å². The molecule has 0 atom stereocenters. The van der Waals surface area contributed by atoms with Gasteiger partial charge >= 0.3 is 5.97 Å². The second-order valence-corrected chi connectivity index (χ2v) is 3.87. The molecule has 0 spiro atoms. The number of hydrogen-bond donors (Lipinski definition) is 1. The van der Waals surface area contributed by atoms with E-state index in [1.165, 1.54) is 0 Å². The standard InChI is InChI=1S/C12H6ClF2NO2/c13-11-4-8(12(17)18)9(5-16-11)7-3-6(14)1-2-10(7)15/h1-5H,(H,17,18). The topological polar surface area (TPSA) is 50.2 Å². The zero-order valence-corrected chi connectivity index (χ0v) is 9.58. The van der Waals surface area contributed by atoms with Gasteiger partial charge in [0.15, 0.2) is 0 Å². The molecule has 1 aromatic heterocycles. The fourth-order valence-electron chi connectivity index (χ4n) is 1.53. The van der Waals surface area contributed by atoms with Crippen molar-refractivity contribution < 1.29 is 18.7 Å². The van der Waals surface area contributed by atoms with Crippen LogP contribution in [0, 0.1) is 11.6 Å². The highest BCUT2D eigenvalue weighted by atomic mass is 35.5. The van der Waals surface area contributed by atoms with Crippen LogP contribution in [0.15, 0.2) is 30.5 Å². The molecule has 1 N–H and O–H groups in total. The Hall–Kier alpha value is -2.01. The average molecular weight is 270 g/mol. The second kappa shape index (κ2) is 4.70. The minimum absolute atomic E-state index is 0.0242. The Labute approximate surface area is 106 Å². The van der Waals surface area contributed by atoms with Crippen molar-refractivity contribution in [1.82, 2.24) is 4.98 Å². The number of aromatic carboxylic acids is 1. The van der Waals surface area contributed by atoms with Gasteiger partial charge in [0.2, 0.25) is 0 Å². The van der Waals surface area contributed by atoms with Gasteiger partial charge in [-0.3, -0.25) is 0 Å². The molecule has 0 bridgehead atoms. The summed E-state index contributed by atoms with van der Waals surface area (Å²) < 4.78 is 26.7. The summed E-state index contributed by atoms with van der Waals surface area (Å²) in [5.41, 5.74) is -0.431. The van der Waals surface area contributed by atoms with Crippen LogP contribution in [0.5, 0.6) is 0 Å². The van der Waals surface area contributed by atoms with Gasteiger partial charge in [-0.1, -0.05) is 11.6 Å². The summed E-state index contributed by atoms with van der Waals surface area (Å²) in [6.45, 7) is 0. The molecule has 0 amide bonds. The van der Waals surface area contributed by atoms with Gasteiger partial charge in [-0.05, 0) is 24.3 Å². The van der Waals surface area contributed by atoms with Crippen molar-refractivity contribution in [1.29, 1.82) is 0 Å². The lowest BCUT2D eigenvalue weighted by molar-refractivity contribution is 0.0697. The summed E-state index contributed by atoms with van der Waals surface area (Å²) in [6.07, 6.45) is 1.10. The third-order valence-corrected chi connectivity index (χ3v) is 2.53. The van der Waals surface area contributed by atoms with E-state index in [-0.39, 0.29) is 21.8 Å². The molecule has 92 valence electrons. The monoisotopic (exact) mass is 269 g/mol. The molecule has 1 aromatic carbocycles. The van der Waals surface area contributed by atoms with Gasteiger partial charge in [-0.2, -0.15) is 0 Å². The van der Waals surface area contributed by atoms with Crippen LogP contribution < -0.4 is 0 Å². The van der Waals surface area contributed by atoms with Gasteiger partial charge in [0, 0.05) is 17.3 Å². The minimum Gasteiger partial charge on any atom is -0.478 e. The largest absolute Gasteiger partial charge is 0.478 e. The first-order valence-corrected chi connectivity index (χ1v) is 5.21. The maximum Gasteiger partial charge on any atom is 0.336 e. The van der Waals surface area contributed by atoms with Crippen LogP contribution in [0.3, 0.4) is 0 Å². The second-order valence-electron chi connectivity index (χ2n) is 3.48. The summed E-state index contributed by atoms with van der Waals surface area (Å²) in [5, 5.41) is 8.97. The summed E-state index contributed by atoms with van der Waals surface area (Å²) in [7, 11) is 0. The highest BCUT2D eigenvalue weighted by molar-refractivity contribution is 6.29. The van der Waals surface area contributed by atoms with E-state index in [1.807, 2.05) is 0 Å². The summed E-state index contributed by atoms with van der Waals surface area (Å²) in [4.78, 5) is 14.7. The van der Waals surface area contributed by atoms with E-state index >= 15 is 0 Å². The molecule has 3 nitrogen and oxygen atoms in total. The number of carboxylic acid groups (broad SMARTS) is 1. The zero-order valence-electron chi connectivity index (χ0n) is 8.82. The van der Waals surface area contributed by atoms with Crippen LogP contribution in [-0.2, 0) is 0 Å². The van der Waals surface area contributed by atoms with E-state index in [2.05, 4.69) is 4.98 Å². The number of nitrogens with zero attached hydrogens (tertiary/aromatic N) is 1. The van der Waals surface area contributed by atoms with Crippen LogP contribution >= 0.6 is 11.6 Å². The van der Waals surface area contributed by atoms with Crippen molar-refractivity contribution >= 4 is 17.6 Å². The quantitative estimate of drug-likeness (QED) is 0.850. The average Bonchev–Trinajstić information content (AvgIpc) is 2.32. The lowest BCUT2D eigenvalue weighted by atomic mass is 10.0. The molecule has 2 rings (SSSR count). The van der Waals surface area contributed by atoms with Crippen molar-refractivity contribution in [3.63, 3.8) is 0 Å². The normalized spacial score (nSPS) is 10.4. The van der Waals surface area contributed by atoms with Crippen LogP contribution in [-0.4, -0.2) is 16.1 Å². The predicted molar refractivity (Wildman–Crippen MR) is 61.6 cm³/mol. The molecule has 1 heterocycles. The number of benzene rings is 1. The molecule has 18 heavy (non-hydrogen) atoms. The van der Waals surface area contributed by atoms with Crippen molar-refractivity contribution in [2.24, 2.45) is 0 Å². The number of hydrogen-bond acceptors (Lipinski definition) is 2. The Kier molecular flexibility index (Phi) is 3.25. The van der Waals surface area contributed by atoms with Crippen molar-refractivity contribution in [2.45, 2.75) is 0 Å². The number of carboxylic acids is 1. The Bertz CT molecular complexity index is 631. The fourth-order valence-corrected chi connectivity index (χ4v) is 1.68. The van der Waals surface area contributed by atoms with Crippen molar-refractivity contribution in [2.75, 3.05) is 0 Å². The van der Waals surface area contributed by atoms with Gasteiger partial charge < -0.3 is 5.11 Å². The molecular weight excluding hydrogens is 264 g/mol. The number of carbonyl (C=O) groups is 1. The smallest absolute Gasteiger partial charge is 0.336 e. The number of halogens is 3. The maximum absolute atomic E-state index is 13.6. The first-order valence-electron chi connectivity index (χ1n) is 4.83. The summed E-state index contributed by atoms with van der Waals surface area (Å²) >= 11 is 5.58. The molecule has 0 fully saturated rings. The molecule has 0 aliphatic rings. The van der Waals surface area contributed by atoms with Crippen LogP contribution in [0.1, 0.15) is 10.4 Å². The van der Waals surface area contributed by atoms with E-state index in [0.717, 1.165) is 30.5 Å². The number of rotatable bonds is 2. The summed E-state index contributed by atoms with van der Waals surface area (Å²) in [6, 6.07) is 3.86. The van der Waals surface area contributed by atoms with Crippen LogP contribution in [0.25, 0.3) is 11.1 Å². The molecule has 0 saturated heterocycles. The molecule has 2 aromatic rings. The lowest BCUT2D eigenvalue weighted by Gasteiger charge is -2.07. The van der Waals surface area contributed by atoms with E-state index in [9.17, 15) is 13.6 Å². The minimum atomic E-state index is -1.29. The molecule has 0 aliphatic carbocycles. The molecule has 0 saturated carbocycles. The predicted octanol–water partition coefficient (Wildman–Crippen LogP) is 3.38. The van der Waals surface area contributed by atoms with Gasteiger partial charge in [-0.25, -0.2) is 18.6 Å². The Morgan fingerprint density at radius 1 is 1.22 bits per heavy atom. The van der Waals surface area contributed by atoms with Gasteiger partial charge in [0.1, 0.15) is 16.8 Å². The number of aromatic nitrogens is 1. The summed E-state index contributed by atoms with van der Waals surface area (Å²) in [5.74, 6) is -2.70. The first-order chi connectivity index (χ1) is 8.49. The lowest BCUT2D eigenvalue weighted by Crippen LogP contribution is -2.02. The van der Waals surface area contributed by atoms with Gasteiger partial charge in [0.05, 0.1) is 5.56 Å². The molecule has 0 radical (unpaired) electrons. The molecule has 0 unspecified atom stereocenters. The highest BCUT2D eigenvalue weighted by Gasteiger charge is 2.16. The SMILES string of the molecule is O=C(O)c1cc(Cl)ncc1-c1cc(F)ccc1F. The molecule has 6 heteroatoms. The van der Waals surface area contributed by atoms with Gasteiger partial charge in [-0.15, -0.1) is 0 Å². The van der Waals surface area contributed by atoms with E-state index in [4.69, 9.17) is 16.7 Å². The molecule has 0 aliphatic heterocycles. The molecular formula is C12H6ClF2NO2. The van der Waals surface area contributed by atoms with Crippen molar-refractivity contribution in [3.05, 3.63) is 52.8 Å². The highest BCUT2D eigenvalue weighted by Crippen LogP contribution is 2.28. The number of pyridine rings is 1. The van der Waals surface area contributed by atoms with E-state index < -0.39 is 17.6 Å². The van der Waals surface area contributed by atoms with Crippen LogP contribution in [0.2, 0.25) is 5.15 Å². The Balaban J connectivity index is 2.70. The van der Waals surface area contributed by atoms with E-state index in [1.54, 1.807) is 0 Å².